The van der Waals surface area contributed by atoms with Gasteiger partial charge in [0, 0.05) is 0 Å². The highest BCUT2D eigenvalue weighted by atomic mass is 16.5. The molecule has 0 aliphatic heterocycles. The van der Waals surface area contributed by atoms with Crippen molar-refractivity contribution in [3.63, 3.8) is 0 Å². The quantitative estimate of drug-likeness (QED) is 0.494. The number of hydrogen-bond acceptors (Lipinski definition) is 6. The first-order valence-corrected chi connectivity index (χ1v) is 5.34. The van der Waals surface area contributed by atoms with E-state index >= 15 is 0 Å². The Labute approximate surface area is 104 Å². The van der Waals surface area contributed by atoms with Gasteiger partial charge >= 0.3 is 0 Å². The first-order valence-electron chi connectivity index (χ1n) is 5.34. The van der Waals surface area contributed by atoms with Gasteiger partial charge in [-0.1, -0.05) is 5.16 Å². The maximum absolute atomic E-state index is 8.64. The summed E-state index contributed by atoms with van der Waals surface area (Å²) in [6, 6.07) is 7.21. The number of aromatic nitrogens is 4. The van der Waals surface area contributed by atoms with Crippen molar-refractivity contribution in [1.82, 2.24) is 20.2 Å². The molecule has 0 saturated carbocycles. The van der Waals surface area contributed by atoms with Crippen LogP contribution in [0.15, 0.2) is 29.4 Å². The van der Waals surface area contributed by atoms with Crippen LogP contribution in [0, 0.1) is 0 Å². The third-order valence-electron chi connectivity index (χ3n) is 2.34. The first kappa shape index (κ1) is 12.0. The molecule has 0 atom stereocenters. The smallest absolute Gasteiger partial charge is 0.212 e. The highest BCUT2D eigenvalue weighted by molar-refractivity contribution is 5.98. The van der Waals surface area contributed by atoms with Gasteiger partial charge in [-0.2, -0.15) is 4.80 Å². The number of tetrazole rings is 1. The van der Waals surface area contributed by atoms with Crippen molar-refractivity contribution in [2.45, 2.75) is 13.5 Å². The van der Waals surface area contributed by atoms with Gasteiger partial charge in [-0.15, -0.1) is 10.2 Å². The van der Waals surface area contributed by atoms with E-state index in [9.17, 15) is 0 Å². The molecule has 0 saturated heterocycles. The number of oxime groups is 1. The Morgan fingerprint density at radius 3 is 2.67 bits per heavy atom. The Morgan fingerprint density at radius 1 is 1.39 bits per heavy atom. The molecule has 0 unspecified atom stereocenters. The van der Waals surface area contributed by atoms with Crippen molar-refractivity contribution in [1.29, 1.82) is 0 Å². The summed E-state index contributed by atoms with van der Waals surface area (Å²) in [5.41, 5.74) is 1.39. The Balaban J connectivity index is 1.98. The molecule has 0 aliphatic rings. The Morgan fingerprint density at radius 2 is 2.11 bits per heavy atom. The molecule has 94 valence electrons. The molecule has 2 aromatic rings. The maximum atomic E-state index is 8.64. The fraction of sp³-hybridized carbons (Fsp3) is 0.273. The Hall–Kier alpha value is -2.44. The minimum atomic E-state index is 0.264. The Kier molecular flexibility index (Phi) is 3.52. The van der Waals surface area contributed by atoms with Crippen LogP contribution in [0.5, 0.6) is 5.75 Å². The van der Waals surface area contributed by atoms with Gasteiger partial charge in [0.15, 0.2) is 6.61 Å². The summed E-state index contributed by atoms with van der Waals surface area (Å²) in [4.78, 5) is 1.38. The lowest BCUT2D eigenvalue weighted by atomic mass is 10.1. The lowest BCUT2D eigenvalue weighted by Crippen LogP contribution is -2.00. The number of aryl methyl sites for hydroxylation is 1. The zero-order valence-electron chi connectivity index (χ0n) is 10.1. The fourth-order valence-electron chi connectivity index (χ4n) is 1.38. The van der Waals surface area contributed by atoms with Crippen LogP contribution >= 0.6 is 0 Å². The molecular formula is C11H13N5O2. The minimum absolute atomic E-state index is 0.264. The summed E-state index contributed by atoms with van der Waals surface area (Å²) < 4.78 is 5.49. The fourth-order valence-corrected chi connectivity index (χ4v) is 1.38. The van der Waals surface area contributed by atoms with Gasteiger partial charge in [0.2, 0.25) is 5.82 Å². The average molecular weight is 247 g/mol. The predicted octanol–water partition coefficient (Wildman–Crippen LogP) is 0.987. The average Bonchev–Trinajstić information content (AvgIpc) is 2.82. The van der Waals surface area contributed by atoms with Crippen LogP contribution in [0.3, 0.4) is 0 Å². The van der Waals surface area contributed by atoms with E-state index < -0.39 is 0 Å². The highest BCUT2D eigenvalue weighted by Crippen LogP contribution is 2.13. The molecule has 1 aromatic carbocycles. The van der Waals surface area contributed by atoms with Gasteiger partial charge in [0.05, 0.1) is 12.8 Å². The zero-order chi connectivity index (χ0) is 13.0. The number of hydrogen-bond donors (Lipinski definition) is 1. The Bertz CT molecular complexity index is 547. The van der Waals surface area contributed by atoms with E-state index in [0.717, 1.165) is 5.56 Å². The lowest BCUT2D eigenvalue weighted by molar-refractivity contribution is 0.295. The van der Waals surface area contributed by atoms with E-state index in [2.05, 4.69) is 20.6 Å². The lowest BCUT2D eigenvalue weighted by Gasteiger charge is -2.04. The van der Waals surface area contributed by atoms with Gasteiger partial charge < -0.3 is 9.94 Å². The van der Waals surface area contributed by atoms with Crippen LogP contribution in [0.4, 0.5) is 0 Å². The highest BCUT2D eigenvalue weighted by Gasteiger charge is 2.02. The molecule has 18 heavy (non-hydrogen) atoms. The second-order valence-electron chi connectivity index (χ2n) is 3.69. The SMILES string of the molecule is C/C(=N/O)c1ccc(OCc2nnn(C)n2)cc1. The van der Waals surface area contributed by atoms with Crippen LogP contribution < -0.4 is 4.74 Å². The van der Waals surface area contributed by atoms with Crippen LogP contribution in [0.2, 0.25) is 0 Å². The summed E-state index contributed by atoms with van der Waals surface area (Å²) in [5.74, 6) is 1.21. The molecule has 7 heteroatoms. The summed E-state index contributed by atoms with van der Waals surface area (Å²) in [6.07, 6.45) is 0. The summed E-state index contributed by atoms with van der Waals surface area (Å²) >= 11 is 0. The molecular weight excluding hydrogens is 234 g/mol. The van der Waals surface area contributed by atoms with Crippen molar-refractivity contribution in [2.75, 3.05) is 0 Å². The number of ether oxygens (including phenoxy) is 1. The molecule has 0 fully saturated rings. The minimum Gasteiger partial charge on any atom is -0.485 e. The van der Waals surface area contributed by atoms with Crippen molar-refractivity contribution in [3.8, 4) is 5.75 Å². The molecule has 0 aliphatic carbocycles. The molecule has 1 heterocycles. The second-order valence-corrected chi connectivity index (χ2v) is 3.69. The van der Waals surface area contributed by atoms with Gasteiger partial charge in [0.25, 0.3) is 0 Å². The normalized spacial score (nSPS) is 11.6. The van der Waals surface area contributed by atoms with Crippen LogP contribution in [0.25, 0.3) is 0 Å². The maximum Gasteiger partial charge on any atom is 0.212 e. The largest absolute Gasteiger partial charge is 0.485 e. The van der Waals surface area contributed by atoms with Gasteiger partial charge in [0.1, 0.15) is 5.75 Å². The van der Waals surface area contributed by atoms with Crippen molar-refractivity contribution < 1.29 is 9.94 Å². The molecule has 7 nitrogen and oxygen atoms in total. The summed E-state index contributed by atoms with van der Waals surface area (Å²) in [7, 11) is 1.70. The van der Waals surface area contributed by atoms with E-state index in [0.29, 0.717) is 17.3 Å². The van der Waals surface area contributed by atoms with E-state index in [1.807, 2.05) is 12.1 Å². The molecule has 0 radical (unpaired) electrons. The third-order valence-corrected chi connectivity index (χ3v) is 2.34. The van der Waals surface area contributed by atoms with Crippen molar-refractivity contribution in [3.05, 3.63) is 35.7 Å². The standard InChI is InChI=1S/C11H13N5O2/c1-8(14-17)9-3-5-10(6-4-9)18-7-11-12-15-16(2)13-11/h3-6,17H,7H2,1-2H3/b14-8-. The second kappa shape index (κ2) is 5.26. The molecule has 1 aromatic heterocycles. The molecule has 1 N–H and O–H groups in total. The van der Waals surface area contributed by atoms with E-state index in [1.165, 1.54) is 4.80 Å². The van der Waals surface area contributed by atoms with E-state index in [-0.39, 0.29) is 6.61 Å². The molecule has 0 bridgehead atoms. The molecule has 0 amide bonds. The monoisotopic (exact) mass is 247 g/mol. The predicted molar refractivity (Wildman–Crippen MR) is 63.6 cm³/mol. The molecule has 0 spiro atoms. The van der Waals surface area contributed by atoms with Gasteiger partial charge in [-0.3, -0.25) is 0 Å². The zero-order valence-corrected chi connectivity index (χ0v) is 10.1. The number of benzene rings is 1. The summed E-state index contributed by atoms with van der Waals surface area (Å²) in [6.45, 7) is 1.99. The van der Waals surface area contributed by atoms with Crippen molar-refractivity contribution in [2.24, 2.45) is 12.2 Å². The van der Waals surface area contributed by atoms with Gasteiger partial charge in [-0.25, -0.2) is 0 Å². The van der Waals surface area contributed by atoms with Crippen molar-refractivity contribution >= 4 is 5.71 Å². The first-order chi connectivity index (χ1) is 8.69. The van der Waals surface area contributed by atoms with Crippen LogP contribution in [0.1, 0.15) is 18.3 Å². The topological polar surface area (TPSA) is 85.4 Å². The summed E-state index contributed by atoms with van der Waals surface area (Å²) in [5, 5.41) is 23.3. The number of rotatable bonds is 4. The van der Waals surface area contributed by atoms with E-state index in [1.54, 1.807) is 26.1 Å². The van der Waals surface area contributed by atoms with E-state index in [4.69, 9.17) is 9.94 Å². The molecule has 2 rings (SSSR count). The van der Waals surface area contributed by atoms with Gasteiger partial charge in [-0.05, 0) is 42.0 Å². The van der Waals surface area contributed by atoms with Crippen LogP contribution in [-0.4, -0.2) is 31.1 Å². The number of nitrogens with zero attached hydrogens (tertiary/aromatic N) is 5. The third kappa shape index (κ3) is 2.82. The van der Waals surface area contributed by atoms with Crippen LogP contribution in [-0.2, 0) is 13.7 Å².